The second-order valence-corrected chi connectivity index (χ2v) is 8.24. The third-order valence-electron chi connectivity index (χ3n) is 6.16. The molecule has 4 rings (SSSR count). The maximum atomic E-state index is 12.8. The van der Waals surface area contributed by atoms with Gasteiger partial charge in [0.1, 0.15) is 0 Å². The van der Waals surface area contributed by atoms with Crippen LogP contribution in [0.2, 0.25) is 0 Å². The number of likely N-dealkylation sites (tertiary alicyclic amines) is 2. The van der Waals surface area contributed by atoms with Crippen LogP contribution in [0.4, 0.5) is 0 Å². The first-order chi connectivity index (χ1) is 12.1. The molecule has 0 saturated carbocycles. The van der Waals surface area contributed by atoms with Crippen molar-refractivity contribution >= 4 is 5.91 Å². The quantitative estimate of drug-likeness (QED) is 0.860. The predicted octanol–water partition coefficient (Wildman–Crippen LogP) is 0.524. The van der Waals surface area contributed by atoms with Crippen LogP contribution in [0.3, 0.4) is 0 Å². The minimum atomic E-state index is 0.110. The van der Waals surface area contributed by atoms with Crippen LogP contribution in [-0.4, -0.2) is 96.9 Å². The number of carbonyl (C=O) groups excluding carboxylic acids is 1. The highest BCUT2D eigenvalue weighted by Crippen LogP contribution is 2.44. The molecule has 3 fully saturated rings. The largest absolute Gasteiger partial charge is 0.381 e. The fraction of sp³-hybridized carbons (Fsp3) is 0.778. The molecule has 7 nitrogen and oxygen atoms in total. The van der Waals surface area contributed by atoms with Crippen molar-refractivity contribution < 1.29 is 9.53 Å². The van der Waals surface area contributed by atoms with Crippen molar-refractivity contribution in [1.82, 2.24) is 24.9 Å². The molecule has 1 N–H and O–H groups in total. The van der Waals surface area contributed by atoms with Gasteiger partial charge in [-0.3, -0.25) is 14.8 Å². The van der Waals surface area contributed by atoms with E-state index in [2.05, 4.69) is 34.1 Å². The third-order valence-corrected chi connectivity index (χ3v) is 6.16. The molecule has 3 aliphatic heterocycles. The molecule has 2 unspecified atom stereocenters. The van der Waals surface area contributed by atoms with Gasteiger partial charge in [-0.1, -0.05) is 0 Å². The first-order valence-corrected chi connectivity index (χ1v) is 9.32. The smallest absolute Gasteiger partial charge is 0.257 e. The number of fused-ring (bicyclic) bond motifs is 1. The minimum Gasteiger partial charge on any atom is -0.381 e. The summed E-state index contributed by atoms with van der Waals surface area (Å²) in [6.45, 7) is 6.71. The number of nitrogens with one attached hydrogen (secondary N) is 1. The number of nitrogens with zero attached hydrogens (tertiary/aromatic N) is 4. The molecule has 0 spiro atoms. The maximum Gasteiger partial charge on any atom is 0.257 e. The summed E-state index contributed by atoms with van der Waals surface area (Å²) in [5.41, 5.74) is 0.850. The van der Waals surface area contributed by atoms with E-state index in [0.29, 0.717) is 17.5 Å². The highest BCUT2D eigenvalue weighted by molar-refractivity contribution is 5.94. The van der Waals surface area contributed by atoms with Crippen molar-refractivity contribution in [3.63, 3.8) is 0 Å². The van der Waals surface area contributed by atoms with E-state index in [4.69, 9.17) is 4.74 Å². The summed E-state index contributed by atoms with van der Waals surface area (Å²) in [6.07, 6.45) is 5.61. The summed E-state index contributed by atoms with van der Waals surface area (Å²) in [5.74, 6) is 0.660. The van der Waals surface area contributed by atoms with E-state index in [-0.39, 0.29) is 11.3 Å². The van der Waals surface area contributed by atoms with Gasteiger partial charge in [-0.15, -0.1) is 0 Å². The van der Waals surface area contributed by atoms with Crippen molar-refractivity contribution in [3.8, 4) is 0 Å². The van der Waals surface area contributed by atoms with Crippen molar-refractivity contribution in [1.29, 1.82) is 0 Å². The van der Waals surface area contributed by atoms with E-state index in [9.17, 15) is 4.79 Å². The number of H-pyrrole nitrogens is 1. The molecule has 3 aliphatic rings. The van der Waals surface area contributed by atoms with E-state index in [1.807, 2.05) is 4.90 Å². The Morgan fingerprint density at radius 1 is 1.36 bits per heavy atom. The lowest BCUT2D eigenvalue weighted by Gasteiger charge is -2.35. The van der Waals surface area contributed by atoms with Crippen LogP contribution < -0.4 is 0 Å². The van der Waals surface area contributed by atoms with Crippen LogP contribution >= 0.6 is 0 Å². The van der Waals surface area contributed by atoms with Gasteiger partial charge < -0.3 is 14.5 Å². The number of aromatic nitrogens is 2. The zero-order valence-corrected chi connectivity index (χ0v) is 15.3. The average Bonchev–Trinajstić information content (AvgIpc) is 3.28. The molecule has 1 amide bonds. The molecule has 0 aliphatic carbocycles. The Morgan fingerprint density at radius 2 is 2.16 bits per heavy atom. The zero-order valence-electron chi connectivity index (χ0n) is 15.3. The second kappa shape index (κ2) is 6.70. The number of ether oxygens (including phenoxy) is 1. The number of hydrogen-bond acceptors (Lipinski definition) is 5. The summed E-state index contributed by atoms with van der Waals surface area (Å²) in [6, 6.07) is 0.649. The molecule has 4 heterocycles. The predicted molar refractivity (Wildman–Crippen MR) is 94.4 cm³/mol. The summed E-state index contributed by atoms with van der Waals surface area (Å²) >= 11 is 0. The van der Waals surface area contributed by atoms with E-state index in [1.54, 1.807) is 12.4 Å². The van der Waals surface area contributed by atoms with Crippen LogP contribution in [-0.2, 0) is 4.74 Å². The lowest BCUT2D eigenvalue weighted by Crippen LogP contribution is -2.45. The molecule has 7 heteroatoms. The molecule has 0 aromatic carbocycles. The Hall–Kier alpha value is -1.44. The van der Waals surface area contributed by atoms with E-state index in [0.717, 1.165) is 58.8 Å². The van der Waals surface area contributed by atoms with Crippen molar-refractivity contribution in [3.05, 3.63) is 18.0 Å². The standard InChI is InChI=1S/C18H29N5O2/c1-21(2)11-18-12-22(16-3-5-25-6-4-16)9-15(18)10-23(13-18)17(24)14-7-19-20-8-14/h7-8,15-16H,3-6,9-13H2,1-2H3,(H,19,20). The molecular formula is C18H29N5O2. The molecule has 0 bridgehead atoms. The van der Waals surface area contributed by atoms with Gasteiger partial charge in [0.2, 0.25) is 0 Å². The van der Waals surface area contributed by atoms with Gasteiger partial charge in [-0.05, 0) is 32.9 Å². The van der Waals surface area contributed by atoms with Crippen LogP contribution in [0.1, 0.15) is 23.2 Å². The van der Waals surface area contributed by atoms with Crippen LogP contribution in [0.15, 0.2) is 12.4 Å². The van der Waals surface area contributed by atoms with E-state index < -0.39 is 0 Å². The van der Waals surface area contributed by atoms with Crippen molar-refractivity contribution in [2.75, 3.05) is 60.0 Å². The highest BCUT2D eigenvalue weighted by atomic mass is 16.5. The minimum absolute atomic E-state index is 0.110. The normalized spacial score (nSPS) is 31.0. The van der Waals surface area contributed by atoms with Crippen LogP contribution in [0.5, 0.6) is 0 Å². The van der Waals surface area contributed by atoms with Gasteiger partial charge in [0, 0.05) is 63.6 Å². The second-order valence-electron chi connectivity index (χ2n) is 8.24. The lowest BCUT2D eigenvalue weighted by atomic mass is 9.80. The SMILES string of the molecule is CN(C)CC12CN(C(=O)c3cn[nH]c3)CC1CN(C1CCOCC1)C2. The van der Waals surface area contributed by atoms with Gasteiger partial charge in [0.15, 0.2) is 0 Å². The van der Waals surface area contributed by atoms with Gasteiger partial charge in [0.05, 0.1) is 11.8 Å². The number of amides is 1. The lowest BCUT2D eigenvalue weighted by molar-refractivity contribution is 0.0341. The molecular weight excluding hydrogens is 318 g/mol. The van der Waals surface area contributed by atoms with Crippen LogP contribution in [0, 0.1) is 11.3 Å². The molecule has 1 aromatic heterocycles. The number of carbonyl (C=O) groups is 1. The van der Waals surface area contributed by atoms with Gasteiger partial charge in [-0.25, -0.2) is 0 Å². The Morgan fingerprint density at radius 3 is 2.84 bits per heavy atom. The fourth-order valence-corrected chi connectivity index (χ4v) is 5.11. The summed E-state index contributed by atoms with van der Waals surface area (Å²) in [7, 11) is 4.28. The molecule has 0 radical (unpaired) electrons. The molecule has 25 heavy (non-hydrogen) atoms. The Labute approximate surface area is 149 Å². The number of hydrogen-bond donors (Lipinski definition) is 1. The zero-order chi connectivity index (χ0) is 17.4. The van der Waals surface area contributed by atoms with Gasteiger partial charge in [-0.2, -0.15) is 5.10 Å². The Bertz CT molecular complexity index is 599. The molecule has 138 valence electrons. The van der Waals surface area contributed by atoms with Crippen molar-refractivity contribution in [2.24, 2.45) is 11.3 Å². The summed E-state index contributed by atoms with van der Waals surface area (Å²) in [4.78, 5) is 19.8. The van der Waals surface area contributed by atoms with E-state index >= 15 is 0 Å². The monoisotopic (exact) mass is 347 g/mol. The molecule has 2 atom stereocenters. The third kappa shape index (κ3) is 3.20. The molecule has 1 aromatic rings. The van der Waals surface area contributed by atoms with E-state index in [1.165, 1.54) is 0 Å². The first kappa shape index (κ1) is 17.0. The average molecular weight is 347 g/mol. The maximum absolute atomic E-state index is 12.8. The first-order valence-electron chi connectivity index (χ1n) is 9.32. The van der Waals surface area contributed by atoms with Crippen LogP contribution in [0.25, 0.3) is 0 Å². The number of aromatic amines is 1. The summed E-state index contributed by atoms with van der Waals surface area (Å²) in [5, 5.41) is 6.68. The number of rotatable bonds is 4. The van der Waals surface area contributed by atoms with Crippen molar-refractivity contribution in [2.45, 2.75) is 18.9 Å². The van der Waals surface area contributed by atoms with Gasteiger partial charge >= 0.3 is 0 Å². The summed E-state index contributed by atoms with van der Waals surface area (Å²) < 4.78 is 5.54. The Balaban J connectivity index is 1.50. The highest BCUT2D eigenvalue weighted by Gasteiger charge is 2.54. The molecule has 3 saturated heterocycles. The van der Waals surface area contributed by atoms with Gasteiger partial charge in [0.25, 0.3) is 5.91 Å². The Kier molecular flexibility index (Phi) is 4.56. The fourth-order valence-electron chi connectivity index (χ4n) is 5.11. The topological polar surface area (TPSA) is 64.7 Å².